The van der Waals surface area contributed by atoms with Crippen LogP contribution in [0.4, 0.5) is 0 Å². The minimum atomic E-state index is 0.212. The number of Topliss-reactive ketones (excluding diaryl/α,β-unsaturated/α-hetero) is 1. The average Bonchev–Trinajstić information content (AvgIpc) is 2.50. The van der Waals surface area contributed by atoms with Gasteiger partial charge in [0, 0.05) is 39.3 Å². The van der Waals surface area contributed by atoms with E-state index in [0.717, 1.165) is 31.6 Å². The highest BCUT2D eigenvalue weighted by atomic mass is 16.5. The van der Waals surface area contributed by atoms with Gasteiger partial charge in [0.15, 0.2) is 5.78 Å². The summed E-state index contributed by atoms with van der Waals surface area (Å²) < 4.78 is 10.2. The Morgan fingerprint density at radius 2 is 1.60 bits per heavy atom. The summed E-state index contributed by atoms with van der Waals surface area (Å²) in [5, 5.41) is 0. The molecule has 112 valence electrons. The van der Waals surface area contributed by atoms with Crippen molar-refractivity contribution in [3.63, 3.8) is 0 Å². The minimum Gasteiger partial charge on any atom is -0.383 e. The Labute approximate surface area is 121 Å². The van der Waals surface area contributed by atoms with Crippen molar-refractivity contribution < 1.29 is 14.3 Å². The first-order valence-corrected chi connectivity index (χ1v) is 7.06. The Hall–Kier alpha value is -1.23. The molecule has 0 aliphatic carbocycles. The van der Waals surface area contributed by atoms with Crippen LogP contribution in [-0.2, 0) is 9.47 Å². The topological polar surface area (TPSA) is 38.8 Å². The van der Waals surface area contributed by atoms with Crippen molar-refractivity contribution in [2.45, 2.75) is 12.8 Å². The molecule has 0 saturated carbocycles. The molecule has 0 saturated heterocycles. The molecule has 0 amide bonds. The van der Waals surface area contributed by atoms with E-state index in [1.54, 1.807) is 14.2 Å². The quantitative estimate of drug-likeness (QED) is 0.582. The Bertz CT molecular complexity index is 359. The summed E-state index contributed by atoms with van der Waals surface area (Å²) >= 11 is 0. The molecule has 4 heteroatoms. The monoisotopic (exact) mass is 279 g/mol. The molecule has 20 heavy (non-hydrogen) atoms. The van der Waals surface area contributed by atoms with E-state index in [1.165, 1.54) is 0 Å². The number of carbonyl (C=O) groups is 1. The lowest BCUT2D eigenvalue weighted by atomic mass is 10.1. The van der Waals surface area contributed by atoms with Crippen molar-refractivity contribution in [3.05, 3.63) is 35.9 Å². The Morgan fingerprint density at radius 1 is 1.00 bits per heavy atom. The molecule has 0 N–H and O–H groups in total. The third-order valence-electron chi connectivity index (χ3n) is 3.20. The van der Waals surface area contributed by atoms with Crippen molar-refractivity contribution in [1.82, 2.24) is 4.90 Å². The van der Waals surface area contributed by atoms with Crippen molar-refractivity contribution in [1.29, 1.82) is 0 Å². The van der Waals surface area contributed by atoms with Gasteiger partial charge in [-0.25, -0.2) is 0 Å². The van der Waals surface area contributed by atoms with Crippen LogP contribution in [0.1, 0.15) is 23.2 Å². The number of benzene rings is 1. The Morgan fingerprint density at radius 3 is 2.15 bits per heavy atom. The van der Waals surface area contributed by atoms with Gasteiger partial charge in [0.05, 0.1) is 13.2 Å². The lowest BCUT2D eigenvalue weighted by molar-refractivity contribution is 0.0955. The van der Waals surface area contributed by atoms with Crippen LogP contribution in [0.5, 0.6) is 0 Å². The lowest BCUT2D eigenvalue weighted by Crippen LogP contribution is -2.32. The Balaban J connectivity index is 2.30. The van der Waals surface area contributed by atoms with Gasteiger partial charge in [-0.3, -0.25) is 9.69 Å². The first-order chi connectivity index (χ1) is 9.77. The maximum Gasteiger partial charge on any atom is 0.162 e. The molecule has 0 aliphatic heterocycles. The number of methoxy groups -OCH3 is 2. The average molecular weight is 279 g/mol. The van der Waals surface area contributed by atoms with Gasteiger partial charge in [-0.2, -0.15) is 0 Å². The summed E-state index contributed by atoms with van der Waals surface area (Å²) in [6.07, 6.45) is 1.45. The zero-order valence-electron chi connectivity index (χ0n) is 12.5. The lowest BCUT2D eigenvalue weighted by Gasteiger charge is -2.21. The molecule has 1 aromatic rings. The van der Waals surface area contributed by atoms with Gasteiger partial charge in [0.1, 0.15) is 0 Å². The molecule has 0 heterocycles. The zero-order valence-corrected chi connectivity index (χ0v) is 12.5. The van der Waals surface area contributed by atoms with Crippen molar-refractivity contribution in [2.75, 3.05) is 47.1 Å². The van der Waals surface area contributed by atoms with Crippen LogP contribution in [0.15, 0.2) is 30.3 Å². The fourth-order valence-electron chi connectivity index (χ4n) is 2.01. The standard InChI is InChI=1S/C16H25NO3/c1-19-13-11-17(12-14-20-2)10-6-9-16(18)15-7-4-3-5-8-15/h3-5,7-8H,6,9-14H2,1-2H3. The van der Waals surface area contributed by atoms with Crippen LogP contribution in [0.3, 0.4) is 0 Å². The fraction of sp³-hybridized carbons (Fsp3) is 0.562. The largest absolute Gasteiger partial charge is 0.383 e. The first-order valence-electron chi connectivity index (χ1n) is 7.06. The first kappa shape index (κ1) is 16.8. The van der Waals surface area contributed by atoms with E-state index in [1.807, 2.05) is 30.3 Å². The highest BCUT2D eigenvalue weighted by Crippen LogP contribution is 2.06. The van der Waals surface area contributed by atoms with E-state index in [-0.39, 0.29) is 5.78 Å². The molecule has 0 aliphatic rings. The van der Waals surface area contributed by atoms with E-state index in [9.17, 15) is 4.79 Å². The number of hydrogen-bond donors (Lipinski definition) is 0. The maximum absolute atomic E-state index is 12.0. The smallest absolute Gasteiger partial charge is 0.162 e. The number of rotatable bonds is 11. The number of carbonyl (C=O) groups excluding carboxylic acids is 1. The van der Waals surface area contributed by atoms with Crippen LogP contribution in [0, 0.1) is 0 Å². The summed E-state index contributed by atoms with van der Waals surface area (Å²) in [5.41, 5.74) is 0.799. The van der Waals surface area contributed by atoms with Gasteiger partial charge in [0.25, 0.3) is 0 Å². The molecule has 0 bridgehead atoms. The van der Waals surface area contributed by atoms with E-state index in [0.29, 0.717) is 19.6 Å². The molecule has 0 radical (unpaired) electrons. The normalized spacial score (nSPS) is 10.9. The van der Waals surface area contributed by atoms with Gasteiger partial charge in [-0.15, -0.1) is 0 Å². The molecule has 4 nitrogen and oxygen atoms in total. The predicted octanol–water partition coefficient (Wildman–Crippen LogP) is 2.24. The molecular formula is C16H25NO3. The van der Waals surface area contributed by atoms with E-state index >= 15 is 0 Å². The molecule has 0 atom stereocenters. The highest BCUT2D eigenvalue weighted by molar-refractivity contribution is 5.95. The molecule has 1 aromatic carbocycles. The van der Waals surface area contributed by atoms with E-state index in [4.69, 9.17) is 9.47 Å². The zero-order chi connectivity index (χ0) is 14.6. The summed E-state index contributed by atoms with van der Waals surface area (Å²) in [4.78, 5) is 14.3. The van der Waals surface area contributed by atoms with Crippen molar-refractivity contribution in [3.8, 4) is 0 Å². The summed E-state index contributed by atoms with van der Waals surface area (Å²) in [7, 11) is 3.40. The summed E-state index contributed by atoms with van der Waals surface area (Å²) in [6, 6.07) is 9.47. The van der Waals surface area contributed by atoms with Gasteiger partial charge in [-0.1, -0.05) is 30.3 Å². The molecule has 0 fully saturated rings. The minimum absolute atomic E-state index is 0.212. The molecule has 0 spiro atoms. The third-order valence-corrected chi connectivity index (χ3v) is 3.20. The number of nitrogens with zero attached hydrogens (tertiary/aromatic N) is 1. The van der Waals surface area contributed by atoms with Gasteiger partial charge < -0.3 is 9.47 Å². The number of hydrogen-bond acceptors (Lipinski definition) is 4. The summed E-state index contributed by atoms with van der Waals surface area (Å²) in [6.45, 7) is 4.05. The SMILES string of the molecule is COCCN(CCCC(=O)c1ccccc1)CCOC. The second-order valence-electron chi connectivity index (χ2n) is 4.72. The van der Waals surface area contributed by atoms with Gasteiger partial charge in [-0.05, 0) is 13.0 Å². The molecule has 0 aromatic heterocycles. The van der Waals surface area contributed by atoms with E-state index in [2.05, 4.69) is 4.90 Å². The third kappa shape index (κ3) is 6.80. The van der Waals surface area contributed by atoms with Crippen LogP contribution in [0.2, 0.25) is 0 Å². The second-order valence-corrected chi connectivity index (χ2v) is 4.72. The molecule has 1 rings (SSSR count). The second kappa shape index (κ2) is 10.5. The number of ketones is 1. The van der Waals surface area contributed by atoms with Crippen LogP contribution in [0.25, 0.3) is 0 Å². The van der Waals surface area contributed by atoms with Gasteiger partial charge >= 0.3 is 0 Å². The van der Waals surface area contributed by atoms with Crippen LogP contribution >= 0.6 is 0 Å². The highest BCUT2D eigenvalue weighted by Gasteiger charge is 2.08. The fourth-order valence-corrected chi connectivity index (χ4v) is 2.01. The maximum atomic E-state index is 12.0. The summed E-state index contributed by atoms with van der Waals surface area (Å²) in [5.74, 6) is 0.212. The van der Waals surface area contributed by atoms with Gasteiger partial charge in [0.2, 0.25) is 0 Å². The predicted molar refractivity (Wildman–Crippen MR) is 80.2 cm³/mol. The number of ether oxygens (including phenoxy) is 2. The Kier molecular flexibility index (Phi) is 8.87. The van der Waals surface area contributed by atoms with Crippen LogP contribution in [-0.4, -0.2) is 57.8 Å². The van der Waals surface area contributed by atoms with Crippen molar-refractivity contribution >= 4 is 5.78 Å². The van der Waals surface area contributed by atoms with Crippen LogP contribution < -0.4 is 0 Å². The molecule has 0 unspecified atom stereocenters. The van der Waals surface area contributed by atoms with Crippen molar-refractivity contribution in [2.24, 2.45) is 0 Å². The van der Waals surface area contributed by atoms with E-state index < -0.39 is 0 Å². The molecular weight excluding hydrogens is 254 g/mol.